The summed E-state index contributed by atoms with van der Waals surface area (Å²) in [6.07, 6.45) is 1.16. The number of carboxylic acid groups (broad SMARTS) is 1. The molecular weight excluding hydrogens is 240 g/mol. The fourth-order valence-corrected chi connectivity index (χ4v) is 1.68. The van der Waals surface area contributed by atoms with Gasteiger partial charge in [-0.2, -0.15) is 0 Å². The van der Waals surface area contributed by atoms with E-state index in [1.165, 1.54) is 29.8 Å². The lowest BCUT2D eigenvalue weighted by atomic mass is 10.3. The highest BCUT2D eigenvalue weighted by Crippen LogP contribution is 2.24. The Morgan fingerprint density at radius 2 is 2.22 bits per heavy atom. The number of fused-ring (bicyclic) bond motifs is 1. The molecule has 7 heteroatoms. The summed E-state index contributed by atoms with van der Waals surface area (Å²) in [4.78, 5) is 26.1. The first-order chi connectivity index (χ1) is 8.54. The topological polar surface area (TPSA) is 101 Å². The quantitative estimate of drug-likeness (QED) is 0.767. The van der Waals surface area contributed by atoms with Gasteiger partial charge in [0.1, 0.15) is 23.5 Å². The zero-order chi connectivity index (χ0) is 13.3. The van der Waals surface area contributed by atoms with Crippen LogP contribution in [0.4, 0.5) is 0 Å². The van der Waals surface area contributed by atoms with Crippen LogP contribution in [0.5, 0.6) is 5.75 Å². The zero-order valence-electron chi connectivity index (χ0n) is 9.45. The van der Waals surface area contributed by atoms with E-state index in [1.54, 1.807) is 0 Å². The predicted octanol–water partition coefficient (Wildman–Crippen LogP) is 0.454. The number of carbonyl (C=O) groups excluding carboxylic acids is 1. The number of aromatic nitrogens is 2. The van der Waals surface area contributed by atoms with Gasteiger partial charge in [-0.25, -0.2) is 9.78 Å². The summed E-state index contributed by atoms with van der Waals surface area (Å²) in [6.45, 7) is 0. The number of pyridine rings is 1. The number of carboxylic acids is 1. The summed E-state index contributed by atoms with van der Waals surface area (Å²) in [7, 11) is 1.18. The Kier molecular flexibility index (Phi) is 2.88. The van der Waals surface area contributed by atoms with Gasteiger partial charge in [0.15, 0.2) is 5.69 Å². The highest BCUT2D eigenvalue weighted by Gasteiger charge is 2.21. The lowest BCUT2D eigenvalue weighted by molar-refractivity contribution is -0.136. The van der Waals surface area contributed by atoms with Crippen LogP contribution in [-0.2, 0) is 16.0 Å². The molecular formula is C11H10N2O5. The van der Waals surface area contributed by atoms with Crippen molar-refractivity contribution in [2.75, 3.05) is 7.11 Å². The molecule has 94 valence electrons. The molecule has 2 heterocycles. The van der Waals surface area contributed by atoms with Gasteiger partial charge < -0.3 is 14.9 Å². The number of hydrogen-bond donors (Lipinski definition) is 2. The van der Waals surface area contributed by atoms with Gasteiger partial charge in [-0.05, 0) is 12.1 Å². The summed E-state index contributed by atoms with van der Waals surface area (Å²) in [6, 6.07) is 2.91. The second-order valence-corrected chi connectivity index (χ2v) is 3.55. The minimum Gasteiger partial charge on any atom is -0.506 e. The second-order valence-electron chi connectivity index (χ2n) is 3.55. The maximum absolute atomic E-state index is 11.5. The van der Waals surface area contributed by atoms with Gasteiger partial charge in [-0.3, -0.25) is 9.20 Å². The van der Waals surface area contributed by atoms with Crippen molar-refractivity contribution in [3.8, 4) is 5.75 Å². The van der Waals surface area contributed by atoms with Crippen molar-refractivity contribution in [2.45, 2.75) is 6.42 Å². The number of aromatic hydroxyl groups is 1. The zero-order valence-corrected chi connectivity index (χ0v) is 9.45. The normalized spacial score (nSPS) is 10.5. The van der Waals surface area contributed by atoms with Crippen molar-refractivity contribution in [1.29, 1.82) is 0 Å². The van der Waals surface area contributed by atoms with E-state index in [1.807, 2.05) is 0 Å². The van der Waals surface area contributed by atoms with Crippen LogP contribution in [0.1, 0.15) is 16.3 Å². The molecule has 2 aromatic rings. The van der Waals surface area contributed by atoms with E-state index in [4.69, 9.17) is 5.11 Å². The van der Waals surface area contributed by atoms with Crippen molar-refractivity contribution >= 4 is 17.5 Å². The molecule has 0 saturated heterocycles. The number of esters is 1. The number of methoxy groups -OCH3 is 1. The predicted molar refractivity (Wildman–Crippen MR) is 59.5 cm³/mol. The average molecular weight is 250 g/mol. The van der Waals surface area contributed by atoms with E-state index in [-0.39, 0.29) is 29.2 Å². The molecule has 0 radical (unpaired) electrons. The number of ether oxygens (including phenoxy) is 1. The number of aliphatic carboxylic acids is 1. The molecule has 2 N–H and O–H groups in total. The van der Waals surface area contributed by atoms with Crippen molar-refractivity contribution < 1.29 is 24.5 Å². The monoisotopic (exact) mass is 250 g/mol. The largest absolute Gasteiger partial charge is 0.506 e. The third-order valence-electron chi connectivity index (χ3n) is 2.40. The molecule has 2 aromatic heterocycles. The van der Waals surface area contributed by atoms with Crippen molar-refractivity contribution in [2.24, 2.45) is 0 Å². The Morgan fingerprint density at radius 3 is 2.83 bits per heavy atom. The van der Waals surface area contributed by atoms with Crippen LogP contribution >= 0.6 is 0 Å². The molecule has 0 amide bonds. The van der Waals surface area contributed by atoms with E-state index in [9.17, 15) is 14.7 Å². The Labute approximate surface area is 101 Å². The summed E-state index contributed by atoms with van der Waals surface area (Å²) in [5.41, 5.74) is 0.0347. The van der Waals surface area contributed by atoms with Gasteiger partial charge in [0.25, 0.3) is 0 Å². The van der Waals surface area contributed by atoms with E-state index < -0.39 is 11.9 Å². The van der Waals surface area contributed by atoms with Gasteiger partial charge in [-0.1, -0.05) is 0 Å². The van der Waals surface area contributed by atoms with Crippen LogP contribution in [0.25, 0.3) is 5.52 Å². The van der Waals surface area contributed by atoms with Gasteiger partial charge in [0.2, 0.25) is 0 Å². The fraction of sp³-hybridized carbons (Fsp3) is 0.182. The number of rotatable bonds is 3. The van der Waals surface area contributed by atoms with Gasteiger partial charge >= 0.3 is 11.9 Å². The van der Waals surface area contributed by atoms with Crippen molar-refractivity contribution in [3.63, 3.8) is 0 Å². The second kappa shape index (κ2) is 4.36. The summed E-state index contributed by atoms with van der Waals surface area (Å²) >= 11 is 0. The van der Waals surface area contributed by atoms with Gasteiger partial charge in [-0.15, -0.1) is 0 Å². The molecule has 18 heavy (non-hydrogen) atoms. The molecule has 0 unspecified atom stereocenters. The van der Waals surface area contributed by atoms with Gasteiger partial charge in [0, 0.05) is 6.20 Å². The minimum atomic E-state index is -1.08. The van der Waals surface area contributed by atoms with E-state index in [0.29, 0.717) is 0 Å². The number of imidazole rings is 1. The van der Waals surface area contributed by atoms with Crippen LogP contribution in [-0.4, -0.2) is 38.6 Å². The molecule has 0 aliphatic carbocycles. The first-order valence-electron chi connectivity index (χ1n) is 5.03. The molecule has 0 atom stereocenters. The number of carbonyl (C=O) groups is 2. The first kappa shape index (κ1) is 11.9. The molecule has 0 saturated carbocycles. The van der Waals surface area contributed by atoms with Gasteiger partial charge in [0.05, 0.1) is 7.11 Å². The molecule has 7 nitrogen and oxygen atoms in total. The van der Waals surface area contributed by atoms with Crippen molar-refractivity contribution in [3.05, 3.63) is 29.8 Å². The number of hydrogen-bond acceptors (Lipinski definition) is 5. The molecule has 0 spiro atoms. The summed E-state index contributed by atoms with van der Waals surface area (Å²) in [5, 5.41) is 18.5. The molecule has 0 aliphatic heterocycles. The Morgan fingerprint density at radius 1 is 1.50 bits per heavy atom. The molecule has 2 rings (SSSR count). The van der Waals surface area contributed by atoms with Crippen molar-refractivity contribution in [1.82, 2.24) is 9.38 Å². The molecule has 0 aromatic carbocycles. The SMILES string of the molecule is COC(=O)c1nc(CC(=O)O)n2cccc(O)c12. The highest BCUT2D eigenvalue weighted by molar-refractivity contribution is 5.97. The fourth-order valence-electron chi connectivity index (χ4n) is 1.68. The van der Waals surface area contributed by atoms with E-state index in [2.05, 4.69) is 9.72 Å². The lowest BCUT2D eigenvalue weighted by Crippen LogP contribution is -2.05. The molecule has 0 aliphatic rings. The van der Waals surface area contributed by atoms with Crippen LogP contribution in [0.15, 0.2) is 18.3 Å². The maximum Gasteiger partial charge on any atom is 0.359 e. The van der Waals surface area contributed by atoms with Crippen LogP contribution < -0.4 is 0 Å². The Bertz CT molecular complexity index is 632. The van der Waals surface area contributed by atoms with Crippen LogP contribution in [0, 0.1) is 0 Å². The first-order valence-corrected chi connectivity index (χ1v) is 5.03. The third kappa shape index (κ3) is 1.86. The van der Waals surface area contributed by atoms with Crippen LogP contribution in [0.2, 0.25) is 0 Å². The summed E-state index contributed by atoms with van der Waals surface area (Å²) in [5.74, 6) is -1.83. The molecule has 0 bridgehead atoms. The highest BCUT2D eigenvalue weighted by atomic mass is 16.5. The number of nitrogens with zero attached hydrogens (tertiary/aromatic N) is 2. The molecule has 0 fully saturated rings. The Balaban J connectivity index is 2.71. The van der Waals surface area contributed by atoms with E-state index in [0.717, 1.165) is 0 Å². The maximum atomic E-state index is 11.5. The third-order valence-corrected chi connectivity index (χ3v) is 2.40. The summed E-state index contributed by atoms with van der Waals surface area (Å²) < 4.78 is 5.90. The average Bonchev–Trinajstić information content (AvgIpc) is 2.68. The Hall–Kier alpha value is -2.57. The van der Waals surface area contributed by atoms with E-state index >= 15 is 0 Å². The lowest BCUT2D eigenvalue weighted by Gasteiger charge is -2.00. The smallest absolute Gasteiger partial charge is 0.359 e. The standard InChI is InChI=1S/C11H10N2O5/c1-18-11(17)9-10-6(14)3-2-4-13(10)7(12-9)5-8(15)16/h2-4,14H,5H2,1H3,(H,15,16). The van der Waals surface area contributed by atoms with Crippen LogP contribution in [0.3, 0.4) is 0 Å². The minimum absolute atomic E-state index is 0.105.